The van der Waals surface area contributed by atoms with Gasteiger partial charge in [-0.05, 0) is 12.3 Å². The van der Waals surface area contributed by atoms with Gasteiger partial charge in [0.1, 0.15) is 0 Å². The van der Waals surface area contributed by atoms with Crippen molar-refractivity contribution >= 4 is 5.78 Å². The molecule has 0 aromatic carbocycles. The number of nitrogens with one attached hydrogen (secondary N) is 1. The quantitative estimate of drug-likeness (QED) is 0.565. The third kappa shape index (κ3) is 4.55. The predicted octanol–water partition coefficient (Wildman–Crippen LogP) is 0.988. The second-order valence-electron chi connectivity index (χ2n) is 1.31. The lowest BCUT2D eigenvalue weighted by Gasteiger charge is -1.83. The van der Waals surface area contributed by atoms with E-state index < -0.39 is 0 Å². The van der Waals surface area contributed by atoms with Crippen LogP contribution in [-0.2, 0) is 4.79 Å². The molecule has 0 fully saturated rings. The fourth-order valence-corrected chi connectivity index (χ4v) is 0.266. The number of ketones is 1. The molecule has 2 nitrogen and oxygen atoms in total. The van der Waals surface area contributed by atoms with Gasteiger partial charge in [-0.3, -0.25) is 4.79 Å². The first-order valence-electron chi connectivity index (χ1n) is 2.51. The van der Waals surface area contributed by atoms with E-state index in [9.17, 15) is 4.79 Å². The molecule has 2 heteroatoms. The van der Waals surface area contributed by atoms with E-state index in [-0.39, 0.29) is 5.78 Å². The van der Waals surface area contributed by atoms with E-state index >= 15 is 0 Å². The van der Waals surface area contributed by atoms with Crippen molar-refractivity contribution in [1.29, 1.82) is 0 Å². The maximum atomic E-state index is 10.4. The zero-order valence-corrected chi connectivity index (χ0v) is 5.13. The minimum absolute atomic E-state index is 0.121. The summed E-state index contributed by atoms with van der Waals surface area (Å²) in [5.74, 6) is -0.121. The van der Waals surface area contributed by atoms with Gasteiger partial charge >= 0.3 is 0 Å². The molecule has 0 saturated heterocycles. The van der Waals surface area contributed by atoms with E-state index in [1.165, 1.54) is 24.6 Å². The Morgan fingerprint density at radius 3 is 2.56 bits per heavy atom. The van der Waals surface area contributed by atoms with Crippen molar-refractivity contribution in [1.82, 2.24) is 5.32 Å². The summed E-state index contributed by atoms with van der Waals surface area (Å²) >= 11 is 0. The molecule has 0 aliphatic carbocycles. The van der Waals surface area contributed by atoms with Crippen LogP contribution in [0.1, 0.15) is 0 Å². The molecule has 0 unspecified atom stereocenters. The van der Waals surface area contributed by atoms with E-state index in [4.69, 9.17) is 0 Å². The van der Waals surface area contributed by atoms with Crippen molar-refractivity contribution in [3.05, 3.63) is 37.7 Å². The minimum Gasteiger partial charge on any atom is -0.368 e. The molecule has 1 N–H and O–H groups in total. The molecule has 0 spiro atoms. The van der Waals surface area contributed by atoms with Gasteiger partial charge in [0.25, 0.3) is 0 Å². The van der Waals surface area contributed by atoms with Crippen LogP contribution in [0.5, 0.6) is 0 Å². The normalized spacial score (nSPS) is 8.89. The summed E-state index contributed by atoms with van der Waals surface area (Å²) in [7, 11) is 0. The lowest BCUT2D eigenvalue weighted by atomic mass is 10.4. The zero-order chi connectivity index (χ0) is 7.11. The number of rotatable bonds is 4. The first-order chi connectivity index (χ1) is 4.31. The minimum atomic E-state index is -0.121. The molecule has 48 valence electrons. The lowest BCUT2D eigenvalue weighted by Crippen LogP contribution is -1.92. The molecule has 0 aromatic rings. The lowest BCUT2D eigenvalue weighted by molar-refractivity contribution is -0.110. The molecule has 0 amide bonds. The van der Waals surface area contributed by atoms with Gasteiger partial charge in [-0.25, -0.2) is 0 Å². The Labute approximate surface area is 54.6 Å². The highest BCUT2D eigenvalue weighted by molar-refractivity contribution is 5.98. The topological polar surface area (TPSA) is 29.1 Å². The third-order valence-electron chi connectivity index (χ3n) is 0.663. The molecule has 0 aliphatic rings. The van der Waals surface area contributed by atoms with Gasteiger partial charge in [-0.1, -0.05) is 13.2 Å². The molecular formula is C7H9NO. The highest BCUT2D eigenvalue weighted by atomic mass is 16.1. The standard InChI is InChI=1S/C7H9NO/c1-3-7(9)5-6-8-4-2/h3-6,8H,1-2H2/b6-5-. The van der Waals surface area contributed by atoms with Crippen molar-refractivity contribution in [2.45, 2.75) is 0 Å². The fraction of sp³-hybridized carbons (Fsp3) is 0. The van der Waals surface area contributed by atoms with Crippen LogP contribution in [0, 0.1) is 0 Å². The molecule has 0 heterocycles. The maximum Gasteiger partial charge on any atom is 0.179 e. The van der Waals surface area contributed by atoms with Crippen LogP contribution in [0.3, 0.4) is 0 Å². The van der Waals surface area contributed by atoms with Crippen molar-refractivity contribution in [3.8, 4) is 0 Å². The number of hydrogen-bond acceptors (Lipinski definition) is 2. The van der Waals surface area contributed by atoms with Gasteiger partial charge in [0, 0.05) is 12.3 Å². The summed E-state index contributed by atoms with van der Waals surface area (Å²) in [4.78, 5) is 10.4. The molecule has 0 radical (unpaired) electrons. The summed E-state index contributed by atoms with van der Waals surface area (Å²) in [6, 6.07) is 0. The molecule has 0 aromatic heterocycles. The van der Waals surface area contributed by atoms with Gasteiger partial charge in [0.05, 0.1) is 0 Å². The first kappa shape index (κ1) is 7.69. The van der Waals surface area contributed by atoms with Crippen molar-refractivity contribution in [2.75, 3.05) is 0 Å². The fourth-order valence-electron chi connectivity index (χ4n) is 0.266. The SMILES string of the molecule is C=CN/C=C\C(=O)C=C. The van der Waals surface area contributed by atoms with Crippen molar-refractivity contribution in [3.63, 3.8) is 0 Å². The Bertz CT molecular complexity index is 147. The Morgan fingerprint density at radius 2 is 2.11 bits per heavy atom. The van der Waals surface area contributed by atoms with E-state index in [0.29, 0.717) is 0 Å². The highest BCUT2D eigenvalue weighted by Gasteiger charge is 1.80. The number of carbonyl (C=O) groups excluding carboxylic acids is 1. The Hall–Kier alpha value is -1.31. The number of carbonyl (C=O) groups is 1. The van der Waals surface area contributed by atoms with E-state index in [0.717, 1.165) is 0 Å². The van der Waals surface area contributed by atoms with E-state index in [2.05, 4.69) is 18.5 Å². The highest BCUT2D eigenvalue weighted by Crippen LogP contribution is 1.73. The first-order valence-corrected chi connectivity index (χ1v) is 2.51. The largest absolute Gasteiger partial charge is 0.368 e. The van der Waals surface area contributed by atoms with Crippen LogP contribution in [0.15, 0.2) is 37.7 Å². The molecule has 0 atom stereocenters. The monoisotopic (exact) mass is 123 g/mol. The van der Waals surface area contributed by atoms with Gasteiger partial charge < -0.3 is 5.32 Å². The third-order valence-corrected chi connectivity index (χ3v) is 0.663. The zero-order valence-electron chi connectivity index (χ0n) is 5.13. The van der Waals surface area contributed by atoms with Crippen molar-refractivity contribution < 1.29 is 4.79 Å². The van der Waals surface area contributed by atoms with Crippen LogP contribution in [0.2, 0.25) is 0 Å². The van der Waals surface area contributed by atoms with Crippen LogP contribution < -0.4 is 5.32 Å². The predicted molar refractivity (Wildman–Crippen MR) is 37.7 cm³/mol. The number of hydrogen-bond donors (Lipinski definition) is 1. The molecule has 0 bridgehead atoms. The molecule has 0 rings (SSSR count). The summed E-state index contributed by atoms with van der Waals surface area (Å²) < 4.78 is 0. The van der Waals surface area contributed by atoms with Gasteiger partial charge in [0.2, 0.25) is 0 Å². The van der Waals surface area contributed by atoms with Crippen LogP contribution in [0.4, 0.5) is 0 Å². The van der Waals surface area contributed by atoms with Gasteiger partial charge in [-0.2, -0.15) is 0 Å². The second-order valence-corrected chi connectivity index (χ2v) is 1.31. The smallest absolute Gasteiger partial charge is 0.179 e. The second kappa shape index (κ2) is 4.84. The maximum absolute atomic E-state index is 10.4. The van der Waals surface area contributed by atoms with Gasteiger partial charge in [0.15, 0.2) is 5.78 Å². The summed E-state index contributed by atoms with van der Waals surface area (Å²) in [5, 5.41) is 2.63. The van der Waals surface area contributed by atoms with Crippen LogP contribution in [-0.4, -0.2) is 5.78 Å². The Kier molecular flexibility index (Phi) is 4.14. The number of allylic oxidation sites excluding steroid dienone is 2. The molecule has 9 heavy (non-hydrogen) atoms. The molecule has 0 saturated carbocycles. The molecule has 0 aliphatic heterocycles. The van der Waals surface area contributed by atoms with E-state index in [1.807, 2.05) is 0 Å². The summed E-state index contributed by atoms with van der Waals surface area (Å²) in [5.41, 5.74) is 0. The van der Waals surface area contributed by atoms with Crippen LogP contribution in [0.25, 0.3) is 0 Å². The average molecular weight is 123 g/mol. The van der Waals surface area contributed by atoms with E-state index in [1.54, 1.807) is 0 Å². The average Bonchev–Trinajstić information content (AvgIpc) is 1.89. The van der Waals surface area contributed by atoms with Gasteiger partial charge in [-0.15, -0.1) is 0 Å². The summed E-state index contributed by atoms with van der Waals surface area (Å²) in [6.45, 7) is 6.67. The summed E-state index contributed by atoms with van der Waals surface area (Å²) in [6.07, 6.45) is 5.58. The van der Waals surface area contributed by atoms with Crippen molar-refractivity contribution in [2.24, 2.45) is 0 Å². The molecular weight excluding hydrogens is 114 g/mol. The Balaban J connectivity index is 3.56. The Morgan fingerprint density at radius 1 is 1.44 bits per heavy atom. The van der Waals surface area contributed by atoms with Crippen LogP contribution >= 0.6 is 0 Å².